The molecule has 0 aliphatic heterocycles. The summed E-state index contributed by atoms with van der Waals surface area (Å²) in [6.07, 6.45) is 2.28. The second kappa shape index (κ2) is 4.66. The monoisotopic (exact) mass is 220 g/mol. The molecule has 1 N–H and O–H groups in total. The predicted octanol–water partition coefficient (Wildman–Crippen LogP) is 2.02. The highest BCUT2D eigenvalue weighted by molar-refractivity contribution is 5.71. The lowest BCUT2D eigenvalue weighted by molar-refractivity contribution is -0.142. The zero-order chi connectivity index (χ0) is 11.5. The lowest BCUT2D eigenvalue weighted by Gasteiger charge is -2.22. The van der Waals surface area contributed by atoms with Crippen molar-refractivity contribution in [3.8, 4) is 0 Å². The molecule has 0 saturated carbocycles. The van der Waals surface area contributed by atoms with Gasteiger partial charge in [0, 0.05) is 7.11 Å². The second-order valence-corrected chi connectivity index (χ2v) is 4.31. The maximum absolute atomic E-state index is 10.9. The molecule has 16 heavy (non-hydrogen) atoms. The van der Waals surface area contributed by atoms with Crippen molar-refractivity contribution in [2.45, 2.75) is 25.9 Å². The zero-order valence-corrected chi connectivity index (χ0v) is 9.40. The van der Waals surface area contributed by atoms with Crippen molar-refractivity contribution in [2.75, 3.05) is 7.11 Å². The summed E-state index contributed by atoms with van der Waals surface area (Å²) in [7, 11) is 1.68. The molecule has 3 heteroatoms. The van der Waals surface area contributed by atoms with Gasteiger partial charge >= 0.3 is 5.97 Å². The summed E-state index contributed by atoms with van der Waals surface area (Å²) < 4.78 is 5.08. The van der Waals surface area contributed by atoms with E-state index in [1.807, 2.05) is 12.1 Å². The SMILES string of the molecule is COCc1ccc2c(c1)CCC(C(=O)O)C2. The van der Waals surface area contributed by atoms with Crippen LogP contribution in [0.25, 0.3) is 0 Å². The van der Waals surface area contributed by atoms with E-state index in [0.29, 0.717) is 13.0 Å². The molecule has 1 unspecified atom stereocenters. The van der Waals surface area contributed by atoms with Crippen LogP contribution in [-0.2, 0) is 29.0 Å². The maximum atomic E-state index is 10.9. The third-order valence-electron chi connectivity index (χ3n) is 3.16. The molecule has 1 aliphatic rings. The Labute approximate surface area is 95.0 Å². The molecule has 0 saturated heterocycles. The lowest BCUT2D eigenvalue weighted by Crippen LogP contribution is -2.22. The summed E-state index contributed by atoms with van der Waals surface area (Å²) in [5, 5.41) is 8.98. The summed E-state index contributed by atoms with van der Waals surface area (Å²) in [5.41, 5.74) is 3.63. The molecule has 0 amide bonds. The molecule has 0 heterocycles. The maximum Gasteiger partial charge on any atom is 0.306 e. The first-order valence-electron chi connectivity index (χ1n) is 5.53. The third kappa shape index (κ3) is 2.25. The first-order valence-corrected chi connectivity index (χ1v) is 5.53. The number of carboxylic acids is 1. The van der Waals surface area contributed by atoms with Crippen LogP contribution in [0.15, 0.2) is 18.2 Å². The van der Waals surface area contributed by atoms with Crippen LogP contribution in [0.3, 0.4) is 0 Å². The number of aliphatic carboxylic acids is 1. The van der Waals surface area contributed by atoms with Crippen LogP contribution in [0.5, 0.6) is 0 Å². The molecule has 0 spiro atoms. The normalized spacial score (nSPS) is 19.2. The minimum Gasteiger partial charge on any atom is -0.481 e. The molecule has 1 atom stereocenters. The van der Waals surface area contributed by atoms with Gasteiger partial charge < -0.3 is 9.84 Å². The number of aryl methyl sites for hydroxylation is 1. The van der Waals surface area contributed by atoms with Crippen molar-refractivity contribution in [3.63, 3.8) is 0 Å². The van der Waals surface area contributed by atoms with Gasteiger partial charge in [0.2, 0.25) is 0 Å². The van der Waals surface area contributed by atoms with Crippen LogP contribution in [-0.4, -0.2) is 18.2 Å². The summed E-state index contributed by atoms with van der Waals surface area (Å²) in [6.45, 7) is 0.621. The van der Waals surface area contributed by atoms with Crippen molar-refractivity contribution in [2.24, 2.45) is 5.92 Å². The molecule has 2 rings (SSSR count). The number of benzene rings is 1. The highest BCUT2D eigenvalue weighted by Crippen LogP contribution is 2.26. The minimum absolute atomic E-state index is 0.208. The fourth-order valence-corrected chi connectivity index (χ4v) is 2.28. The largest absolute Gasteiger partial charge is 0.481 e. The van der Waals surface area contributed by atoms with Crippen LogP contribution in [0.4, 0.5) is 0 Å². The molecule has 1 aliphatic carbocycles. The number of hydrogen-bond donors (Lipinski definition) is 1. The fourth-order valence-electron chi connectivity index (χ4n) is 2.28. The Morgan fingerprint density at radius 2 is 2.31 bits per heavy atom. The van der Waals surface area contributed by atoms with E-state index < -0.39 is 5.97 Å². The quantitative estimate of drug-likeness (QED) is 0.847. The van der Waals surface area contributed by atoms with Gasteiger partial charge in [-0.25, -0.2) is 0 Å². The predicted molar refractivity (Wildman–Crippen MR) is 60.3 cm³/mol. The minimum atomic E-state index is -0.674. The summed E-state index contributed by atoms with van der Waals surface area (Å²) in [5.74, 6) is -0.882. The van der Waals surface area contributed by atoms with Crippen LogP contribution in [0.2, 0.25) is 0 Å². The summed E-state index contributed by atoms with van der Waals surface area (Å²) in [4.78, 5) is 10.9. The van der Waals surface area contributed by atoms with Gasteiger partial charge in [-0.2, -0.15) is 0 Å². The van der Waals surface area contributed by atoms with E-state index in [4.69, 9.17) is 9.84 Å². The molecule has 0 aromatic heterocycles. The Kier molecular flexibility index (Phi) is 3.25. The average Bonchev–Trinajstić information content (AvgIpc) is 2.28. The Morgan fingerprint density at radius 1 is 1.50 bits per heavy atom. The van der Waals surface area contributed by atoms with Gasteiger partial charge in [-0.3, -0.25) is 4.79 Å². The molecule has 3 nitrogen and oxygen atoms in total. The first-order chi connectivity index (χ1) is 7.70. The Hall–Kier alpha value is -1.35. The van der Waals surface area contributed by atoms with Crippen LogP contribution < -0.4 is 0 Å². The topological polar surface area (TPSA) is 46.5 Å². The number of carbonyl (C=O) groups is 1. The van der Waals surface area contributed by atoms with Crippen LogP contribution in [0.1, 0.15) is 23.1 Å². The van der Waals surface area contributed by atoms with Gasteiger partial charge in [0.15, 0.2) is 0 Å². The van der Waals surface area contributed by atoms with E-state index in [1.54, 1.807) is 7.11 Å². The van der Waals surface area contributed by atoms with Crippen LogP contribution >= 0.6 is 0 Å². The number of carboxylic acid groups (broad SMARTS) is 1. The van der Waals surface area contributed by atoms with Gasteiger partial charge in [-0.15, -0.1) is 0 Å². The number of methoxy groups -OCH3 is 1. The summed E-state index contributed by atoms with van der Waals surface area (Å²) in [6, 6.07) is 6.20. The van der Waals surface area contributed by atoms with Crippen LogP contribution in [0, 0.1) is 5.92 Å². The van der Waals surface area contributed by atoms with E-state index in [0.717, 1.165) is 18.4 Å². The van der Waals surface area contributed by atoms with Gasteiger partial charge in [-0.1, -0.05) is 18.2 Å². The Balaban J connectivity index is 2.18. The highest BCUT2D eigenvalue weighted by atomic mass is 16.5. The molecular weight excluding hydrogens is 204 g/mol. The van der Waals surface area contributed by atoms with E-state index in [2.05, 4.69) is 6.07 Å². The molecule has 1 aromatic carbocycles. The third-order valence-corrected chi connectivity index (χ3v) is 3.16. The second-order valence-electron chi connectivity index (χ2n) is 4.31. The molecular formula is C13H16O3. The average molecular weight is 220 g/mol. The molecule has 1 aromatic rings. The molecule has 0 radical (unpaired) electrons. The number of ether oxygens (including phenoxy) is 1. The Bertz CT molecular complexity index is 398. The van der Waals surface area contributed by atoms with E-state index in [9.17, 15) is 4.79 Å². The standard InChI is InChI=1S/C13H16O3/c1-16-8-9-2-3-11-7-12(13(14)15)5-4-10(11)6-9/h2-3,6,12H,4-5,7-8H2,1H3,(H,14,15). The van der Waals surface area contributed by atoms with Gasteiger partial charge in [0.05, 0.1) is 12.5 Å². The first kappa shape index (κ1) is 11.1. The Morgan fingerprint density at radius 3 is 3.00 bits per heavy atom. The van der Waals surface area contributed by atoms with E-state index in [1.165, 1.54) is 11.1 Å². The number of rotatable bonds is 3. The highest BCUT2D eigenvalue weighted by Gasteiger charge is 2.23. The smallest absolute Gasteiger partial charge is 0.306 e. The van der Waals surface area contributed by atoms with Crippen molar-refractivity contribution < 1.29 is 14.6 Å². The van der Waals surface area contributed by atoms with Gasteiger partial charge in [-0.05, 0) is 36.0 Å². The van der Waals surface area contributed by atoms with Gasteiger partial charge in [0.1, 0.15) is 0 Å². The number of hydrogen-bond acceptors (Lipinski definition) is 2. The lowest BCUT2D eigenvalue weighted by atomic mass is 9.83. The van der Waals surface area contributed by atoms with Crippen molar-refractivity contribution in [1.82, 2.24) is 0 Å². The molecule has 0 bridgehead atoms. The van der Waals surface area contributed by atoms with Crippen molar-refractivity contribution >= 4 is 5.97 Å². The van der Waals surface area contributed by atoms with E-state index >= 15 is 0 Å². The molecule has 0 fully saturated rings. The van der Waals surface area contributed by atoms with Gasteiger partial charge in [0.25, 0.3) is 0 Å². The molecule has 86 valence electrons. The number of fused-ring (bicyclic) bond motifs is 1. The summed E-state index contributed by atoms with van der Waals surface area (Å²) >= 11 is 0. The van der Waals surface area contributed by atoms with E-state index in [-0.39, 0.29) is 5.92 Å². The zero-order valence-electron chi connectivity index (χ0n) is 9.40. The fraction of sp³-hybridized carbons (Fsp3) is 0.462. The van der Waals surface area contributed by atoms with Crippen molar-refractivity contribution in [1.29, 1.82) is 0 Å². The van der Waals surface area contributed by atoms with Crippen molar-refractivity contribution in [3.05, 3.63) is 34.9 Å².